The van der Waals surface area contributed by atoms with E-state index in [9.17, 15) is 0 Å². The predicted octanol–water partition coefficient (Wildman–Crippen LogP) is 14.8. The molecule has 0 aliphatic carbocycles. The van der Waals surface area contributed by atoms with Gasteiger partial charge in [0.15, 0.2) is 46.4 Å². The molecule has 0 N–H and O–H groups in total. The van der Waals surface area contributed by atoms with Crippen molar-refractivity contribution in [3.63, 3.8) is 0 Å². The minimum Gasteiger partial charge on any atom is -0.453 e. The summed E-state index contributed by atoms with van der Waals surface area (Å²) in [5, 5.41) is 0. The van der Waals surface area contributed by atoms with Crippen LogP contribution in [0.15, 0.2) is 241 Å². The Bertz CT molecular complexity index is 3680. The van der Waals surface area contributed by atoms with Crippen LogP contribution in [0, 0.1) is 0 Å². The number of pyridine rings is 4. The molecule has 6 aromatic heterocycles. The average Bonchev–Trinajstić information content (AvgIpc) is 3.56. The molecular weight excluding hydrogens is 961 g/mol. The van der Waals surface area contributed by atoms with Crippen molar-refractivity contribution in [2.75, 3.05) is 9.80 Å². The molecular formula is C62H38N12OS. The molecule has 76 heavy (non-hydrogen) atoms. The standard InChI is InChI=1S/C62H38N12OS/c1-5-25-53-49(21-1)73(50-22-2-6-26-54(50)75-53)43-35-39(33-41(37-43)57-67-59(45-17-9-13-29-63-45)71-60(68-57)46-18-10-14-30-64-46)40-34-42(38-44(36-40)74-51-23-3-7-27-55(51)76-56-28-8-4-24-52(56)74)58-69-61(47-19-11-15-31-65-47)72-62(70-58)48-20-12-16-32-66-48/h1-38H. The van der Waals surface area contributed by atoms with Crippen LogP contribution >= 0.6 is 11.8 Å². The summed E-state index contributed by atoms with van der Waals surface area (Å²) in [6, 6.07) is 68.8. The number of aromatic nitrogens is 10. The molecule has 14 heteroatoms. The van der Waals surface area contributed by atoms with Gasteiger partial charge >= 0.3 is 0 Å². The van der Waals surface area contributed by atoms with Crippen LogP contribution in [0.5, 0.6) is 11.5 Å². The zero-order chi connectivity index (χ0) is 50.4. The Labute approximate surface area is 440 Å². The monoisotopic (exact) mass is 998 g/mol. The van der Waals surface area contributed by atoms with E-state index in [1.54, 1.807) is 36.5 Å². The number of anilines is 6. The van der Waals surface area contributed by atoms with Crippen LogP contribution in [0.25, 0.3) is 80.0 Å². The third-order valence-electron chi connectivity index (χ3n) is 12.9. The van der Waals surface area contributed by atoms with Gasteiger partial charge in [0.1, 0.15) is 22.8 Å². The van der Waals surface area contributed by atoms with Crippen molar-refractivity contribution in [3.05, 3.63) is 231 Å². The maximum absolute atomic E-state index is 6.55. The van der Waals surface area contributed by atoms with Crippen molar-refractivity contribution >= 4 is 45.9 Å². The van der Waals surface area contributed by atoms with Crippen molar-refractivity contribution in [2.24, 2.45) is 0 Å². The van der Waals surface area contributed by atoms with E-state index < -0.39 is 0 Å². The first-order valence-corrected chi connectivity index (χ1v) is 25.3. The Morgan fingerprint density at radius 3 is 0.987 bits per heavy atom. The molecule has 13 nitrogen and oxygen atoms in total. The normalized spacial score (nSPS) is 12.2. The van der Waals surface area contributed by atoms with E-state index >= 15 is 0 Å². The van der Waals surface area contributed by atoms with E-state index in [4.69, 9.17) is 34.6 Å². The molecule has 0 spiro atoms. The second kappa shape index (κ2) is 18.9. The first kappa shape index (κ1) is 44.4. The van der Waals surface area contributed by atoms with Gasteiger partial charge < -0.3 is 14.5 Å². The van der Waals surface area contributed by atoms with Gasteiger partial charge in [-0.15, -0.1) is 0 Å². The number of para-hydroxylation sites is 6. The van der Waals surface area contributed by atoms with Crippen LogP contribution in [0.4, 0.5) is 34.1 Å². The van der Waals surface area contributed by atoms with Crippen molar-refractivity contribution in [1.29, 1.82) is 0 Å². The molecule has 0 fully saturated rings. The third-order valence-corrected chi connectivity index (χ3v) is 14.0. The highest BCUT2D eigenvalue weighted by molar-refractivity contribution is 7.99. The van der Waals surface area contributed by atoms with Crippen LogP contribution < -0.4 is 14.5 Å². The SMILES string of the molecule is c1ccc(-c2nc(-c3cc(-c4cc(-c5nc(-c6ccccn6)nc(-c6ccccn6)n5)cc(N5c6ccccc6Sc6ccccc65)c4)cc(N4c5ccccc5Oc5ccccc54)c3)nc(-c3ccccn3)n2)nc1. The summed E-state index contributed by atoms with van der Waals surface area (Å²) in [4.78, 5) is 56.2. The largest absolute Gasteiger partial charge is 0.453 e. The van der Waals surface area contributed by atoms with Crippen molar-refractivity contribution in [1.82, 2.24) is 49.8 Å². The molecule has 0 saturated heterocycles. The van der Waals surface area contributed by atoms with Gasteiger partial charge in [0.25, 0.3) is 0 Å². The van der Waals surface area contributed by atoms with Crippen molar-refractivity contribution in [3.8, 4) is 91.5 Å². The van der Waals surface area contributed by atoms with Crippen LogP contribution in [-0.4, -0.2) is 49.8 Å². The molecule has 0 radical (unpaired) electrons. The minimum atomic E-state index is 0.409. The third kappa shape index (κ3) is 8.30. The fraction of sp³-hybridized carbons (Fsp3) is 0. The summed E-state index contributed by atoms with van der Waals surface area (Å²) < 4.78 is 6.55. The van der Waals surface area contributed by atoms with Crippen LogP contribution in [0.3, 0.4) is 0 Å². The average molecular weight is 999 g/mol. The first-order chi connectivity index (χ1) is 37.6. The van der Waals surface area contributed by atoms with E-state index in [2.05, 4.69) is 127 Å². The lowest BCUT2D eigenvalue weighted by Gasteiger charge is -2.34. The molecule has 0 saturated carbocycles. The second-order valence-corrected chi connectivity index (χ2v) is 18.8. The minimum absolute atomic E-state index is 0.409. The fourth-order valence-corrected chi connectivity index (χ4v) is 10.5. The molecule has 0 atom stereocenters. The van der Waals surface area contributed by atoms with E-state index in [1.165, 1.54) is 0 Å². The Morgan fingerprint density at radius 1 is 0.289 bits per heavy atom. The predicted molar refractivity (Wildman–Crippen MR) is 296 cm³/mol. The summed E-state index contributed by atoms with van der Waals surface area (Å²) in [6.45, 7) is 0. The molecule has 12 aromatic rings. The van der Waals surface area contributed by atoms with E-state index in [-0.39, 0.29) is 0 Å². The molecule has 0 amide bonds. The van der Waals surface area contributed by atoms with Crippen LogP contribution in [-0.2, 0) is 0 Å². The molecule has 2 aliphatic heterocycles. The highest BCUT2D eigenvalue weighted by Crippen LogP contribution is 2.54. The lowest BCUT2D eigenvalue weighted by molar-refractivity contribution is 0.477. The van der Waals surface area contributed by atoms with Gasteiger partial charge in [0.05, 0.1) is 22.7 Å². The maximum Gasteiger partial charge on any atom is 0.182 e. The number of nitrogens with zero attached hydrogens (tertiary/aromatic N) is 12. The Kier molecular flexibility index (Phi) is 11.1. The number of benzene rings is 6. The van der Waals surface area contributed by atoms with E-state index in [0.29, 0.717) is 57.7 Å². The van der Waals surface area contributed by atoms with Crippen LogP contribution in [0.2, 0.25) is 0 Å². The fourth-order valence-electron chi connectivity index (χ4n) is 9.49. The highest BCUT2D eigenvalue weighted by Gasteiger charge is 2.29. The summed E-state index contributed by atoms with van der Waals surface area (Å²) in [7, 11) is 0. The molecule has 358 valence electrons. The Morgan fingerprint density at radius 2 is 0.605 bits per heavy atom. The van der Waals surface area contributed by atoms with Gasteiger partial charge in [0.2, 0.25) is 0 Å². The summed E-state index contributed by atoms with van der Waals surface area (Å²) >= 11 is 1.75. The molecule has 2 aliphatic rings. The Hall–Kier alpha value is -10.3. The van der Waals surface area contributed by atoms with Gasteiger partial charge in [-0.2, -0.15) is 0 Å². The molecule has 0 unspecified atom stereocenters. The van der Waals surface area contributed by atoms with Gasteiger partial charge in [-0.3, -0.25) is 19.9 Å². The number of hydrogen-bond donors (Lipinski definition) is 0. The first-order valence-electron chi connectivity index (χ1n) is 24.4. The lowest BCUT2D eigenvalue weighted by atomic mass is 9.97. The quantitative estimate of drug-likeness (QED) is 0.135. The number of fused-ring (bicyclic) bond motifs is 4. The van der Waals surface area contributed by atoms with Crippen molar-refractivity contribution in [2.45, 2.75) is 9.79 Å². The Balaban J connectivity index is 1.05. The van der Waals surface area contributed by atoms with Gasteiger partial charge in [-0.1, -0.05) is 84.6 Å². The summed E-state index contributed by atoms with van der Waals surface area (Å²) in [6.07, 6.45) is 6.95. The van der Waals surface area contributed by atoms with Gasteiger partial charge in [-0.25, -0.2) is 29.9 Å². The van der Waals surface area contributed by atoms with E-state index in [1.807, 2.05) is 109 Å². The van der Waals surface area contributed by atoms with Gasteiger partial charge in [0, 0.05) is 57.1 Å². The zero-order valence-corrected chi connectivity index (χ0v) is 40.9. The van der Waals surface area contributed by atoms with Crippen molar-refractivity contribution < 1.29 is 4.74 Å². The number of ether oxygens (including phenoxy) is 1. The summed E-state index contributed by atoms with van der Waals surface area (Å²) in [5.74, 6) is 3.96. The highest BCUT2D eigenvalue weighted by atomic mass is 32.2. The molecule has 8 heterocycles. The molecule has 14 rings (SSSR count). The molecule has 0 bridgehead atoms. The van der Waals surface area contributed by atoms with Crippen LogP contribution in [0.1, 0.15) is 0 Å². The zero-order valence-electron chi connectivity index (χ0n) is 40.1. The molecule has 6 aromatic carbocycles. The maximum atomic E-state index is 6.55. The summed E-state index contributed by atoms with van der Waals surface area (Å²) in [5.41, 5.74) is 11.1. The number of rotatable bonds is 9. The topological polar surface area (TPSA) is 145 Å². The second-order valence-electron chi connectivity index (χ2n) is 17.8. The smallest absolute Gasteiger partial charge is 0.182 e. The number of hydrogen-bond acceptors (Lipinski definition) is 14. The lowest BCUT2D eigenvalue weighted by Crippen LogP contribution is -2.16. The van der Waals surface area contributed by atoms with Gasteiger partial charge in [-0.05, 0) is 145 Å². The van der Waals surface area contributed by atoms with E-state index in [0.717, 1.165) is 77.7 Å².